The van der Waals surface area contributed by atoms with E-state index in [1.807, 2.05) is 31.4 Å². The minimum Gasteiger partial charge on any atom is -0.446 e. The van der Waals surface area contributed by atoms with Crippen molar-refractivity contribution in [2.75, 3.05) is 24.6 Å². The third-order valence-electron chi connectivity index (χ3n) is 5.04. The second kappa shape index (κ2) is 11.6. The summed E-state index contributed by atoms with van der Waals surface area (Å²) in [6, 6.07) is 6.55. The summed E-state index contributed by atoms with van der Waals surface area (Å²) in [5.41, 5.74) is 1.39. The van der Waals surface area contributed by atoms with Gasteiger partial charge in [-0.2, -0.15) is 4.31 Å². The van der Waals surface area contributed by atoms with E-state index in [0.29, 0.717) is 39.9 Å². The predicted molar refractivity (Wildman–Crippen MR) is 130 cm³/mol. The van der Waals surface area contributed by atoms with Gasteiger partial charge in [-0.05, 0) is 37.0 Å². The molecule has 0 fully saturated rings. The molecule has 0 bridgehead atoms. The SMILES string of the molecule is COCCOC(=O)N(c1sc(CC(C)C)cc1-c1ccc(Cn2ccnc2C)c(F)c1)[SH](=O)=O. The fourth-order valence-electron chi connectivity index (χ4n) is 3.39. The van der Waals surface area contributed by atoms with Crippen LogP contribution in [0.3, 0.4) is 0 Å². The van der Waals surface area contributed by atoms with E-state index in [4.69, 9.17) is 9.47 Å². The summed E-state index contributed by atoms with van der Waals surface area (Å²) in [7, 11) is -1.89. The van der Waals surface area contributed by atoms with Crippen molar-refractivity contribution in [2.24, 2.45) is 5.92 Å². The Morgan fingerprint density at radius 1 is 1.26 bits per heavy atom. The Balaban J connectivity index is 2.01. The van der Waals surface area contributed by atoms with E-state index in [9.17, 15) is 13.2 Å². The van der Waals surface area contributed by atoms with Crippen molar-refractivity contribution in [3.8, 4) is 11.1 Å². The number of methoxy groups -OCH3 is 1. The minimum absolute atomic E-state index is 0.0917. The highest BCUT2D eigenvalue weighted by molar-refractivity contribution is 7.75. The molecule has 1 aromatic carbocycles. The van der Waals surface area contributed by atoms with Crippen molar-refractivity contribution in [1.29, 1.82) is 0 Å². The summed E-state index contributed by atoms with van der Waals surface area (Å²) >= 11 is 1.18. The fourth-order valence-corrected chi connectivity index (χ4v) is 5.45. The van der Waals surface area contributed by atoms with Crippen LogP contribution in [-0.2, 0) is 33.3 Å². The fraction of sp³-hybridized carbons (Fsp3) is 0.391. The first-order valence-electron chi connectivity index (χ1n) is 10.7. The Morgan fingerprint density at radius 3 is 2.62 bits per heavy atom. The number of imidazole rings is 1. The average Bonchev–Trinajstić information content (AvgIpc) is 3.35. The summed E-state index contributed by atoms with van der Waals surface area (Å²) in [5.74, 6) is 0.637. The molecule has 0 atom stereocenters. The van der Waals surface area contributed by atoms with Gasteiger partial charge in [0.2, 0.25) is 10.9 Å². The third kappa shape index (κ3) is 6.22. The predicted octanol–water partition coefficient (Wildman–Crippen LogP) is 4.42. The van der Waals surface area contributed by atoms with Crippen molar-refractivity contribution in [1.82, 2.24) is 9.55 Å². The molecular weight excluding hydrogens is 481 g/mol. The Labute approximate surface area is 204 Å². The van der Waals surface area contributed by atoms with Gasteiger partial charge in [-0.3, -0.25) is 0 Å². The number of aromatic nitrogens is 2. The van der Waals surface area contributed by atoms with Gasteiger partial charge in [-0.25, -0.2) is 22.6 Å². The zero-order valence-corrected chi connectivity index (χ0v) is 21.2. The Kier molecular flexibility index (Phi) is 8.81. The summed E-state index contributed by atoms with van der Waals surface area (Å²) in [4.78, 5) is 17.6. The second-order valence-electron chi connectivity index (χ2n) is 8.09. The highest BCUT2D eigenvalue weighted by Crippen LogP contribution is 2.41. The van der Waals surface area contributed by atoms with Crippen LogP contribution in [0.4, 0.5) is 14.2 Å². The quantitative estimate of drug-likeness (QED) is 0.321. The Bertz CT molecular complexity index is 1210. The molecular formula is C23H28FN3O5S2. The van der Waals surface area contributed by atoms with Crippen molar-refractivity contribution in [2.45, 2.75) is 33.7 Å². The van der Waals surface area contributed by atoms with Crippen LogP contribution in [0.1, 0.15) is 30.1 Å². The number of rotatable bonds is 10. The number of carbonyl (C=O) groups is 1. The van der Waals surface area contributed by atoms with Crippen molar-refractivity contribution in [3.05, 3.63) is 58.7 Å². The number of carbonyl (C=O) groups excluding carboxylic acids is 1. The van der Waals surface area contributed by atoms with Crippen LogP contribution in [-0.4, -0.2) is 44.4 Å². The molecule has 1 amide bonds. The van der Waals surface area contributed by atoms with Crippen LogP contribution in [0.5, 0.6) is 0 Å². The number of thiol groups is 1. The molecule has 0 aliphatic rings. The lowest BCUT2D eigenvalue weighted by Crippen LogP contribution is -2.30. The Morgan fingerprint density at radius 2 is 2.03 bits per heavy atom. The number of hydrogen-bond acceptors (Lipinski definition) is 7. The van der Waals surface area contributed by atoms with Crippen molar-refractivity contribution >= 4 is 33.3 Å². The lowest BCUT2D eigenvalue weighted by molar-refractivity contribution is 0.105. The zero-order valence-electron chi connectivity index (χ0n) is 19.5. The molecule has 34 heavy (non-hydrogen) atoms. The van der Waals surface area contributed by atoms with Gasteiger partial charge in [0, 0.05) is 35.5 Å². The number of nitrogens with zero attached hydrogens (tertiary/aromatic N) is 3. The molecule has 0 radical (unpaired) electrons. The first-order valence-corrected chi connectivity index (χ1v) is 12.6. The summed E-state index contributed by atoms with van der Waals surface area (Å²) in [5, 5.41) is 0.173. The molecule has 3 rings (SSSR count). The zero-order chi connectivity index (χ0) is 24.8. The van der Waals surface area contributed by atoms with Gasteiger partial charge in [0.05, 0.1) is 13.2 Å². The maximum Gasteiger partial charge on any atom is 0.428 e. The lowest BCUT2D eigenvalue weighted by atomic mass is 10.0. The van der Waals surface area contributed by atoms with Crippen LogP contribution >= 0.6 is 11.3 Å². The molecule has 0 saturated heterocycles. The smallest absolute Gasteiger partial charge is 0.428 e. The van der Waals surface area contributed by atoms with Gasteiger partial charge < -0.3 is 14.0 Å². The highest BCUT2D eigenvalue weighted by Gasteiger charge is 2.27. The number of thiophene rings is 1. The number of hydrogen-bond donors (Lipinski definition) is 1. The molecule has 3 aromatic rings. The molecule has 184 valence electrons. The van der Waals surface area contributed by atoms with Crippen molar-refractivity contribution < 1.29 is 27.1 Å². The third-order valence-corrected chi connectivity index (χ3v) is 7.01. The van der Waals surface area contributed by atoms with Gasteiger partial charge in [-0.1, -0.05) is 26.0 Å². The molecule has 0 unspecified atom stereocenters. The van der Waals surface area contributed by atoms with E-state index in [1.165, 1.54) is 24.5 Å². The Hall–Kier alpha value is -2.76. The van der Waals surface area contributed by atoms with Gasteiger partial charge in [0.1, 0.15) is 23.2 Å². The van der Waals surface area contributed by atoms with Gasteiger partial charge in [-0.15, -0.1) is 11.3 Å². The largest absolute Gasteiger partial charge is 0.446 e. The number of amides is 1. The monoisotopic (exact) mass is 509 g/mol. The van der Waals surface area contributed by atoms with E-state index in [0.717, 1.165) is 10.7 Å². The first-order chi connectivity index (χ1) is 16.2. The van der Waals surface area contributed by atoms with Crippen molar-refractivity contribution in [3.63, 3.8) is 0 Å². The molecule has 8 nitrogen and oxygen atoms in total. The highest BCUT2D eigenvalue weighted by atomic mass is 32.2. The minimum atomic E-state index is -3.34. The van der Waals surface area contributed by atoms with Crippen LogP contribution in [0.2, 0.25) is 0 Å². The lowest BCUT2D eigenvalue weighted by Gasteiger charge is -2.16. The maximum atomic E-state index is 15.1. The topological polar surface area (TPSA) is 90.7 Å². The normalized spacial score (nSPS) is 11.4. The maximum absolute atomic E-state index is 15.1. The molecule has 0 aliphatic carbocycles. The average molecular weight is 510 g/mol. The number of ether oxygens (including phenoxy) is 2. The number of halogens is 1. The molecule has 2 aromatic heterocycles. The standard InChI is InChI=1S/C23H28FN3O5S2/c1-15(2)11-19-13-20(22(33-19)27(34(29)30)23(28)32-10-9-31-4)17-5-6-18(21(24)12-17)14-26-8-7-25-16(26)3/h5-8,12-13,15,34H,9-11,14H2,1-4H3. The van der Waals surface area contributed by atoms with Crippen LogP contribution < -0.4 is 4.31 Å². The van der Waals surface area contributed by atoms with Crippen LogP contribution in [0.25, 0.3) is 11.1 Å². The van der Waals surface area contributed by atoms with E-state index in [2.05, 4.69) is 4.98 Å². The molecule has 11 heteroatoms. The first kappa shape index (κ1) is 25.9. The van der Waals surface area contributed by atoms with E-state index < -0.39 is 22.8 Å². The summed E-state index contributed by atoms with van der Waals surface area (Å²) in [6.45, 7) is 6.27. The molecule has 2 heterocycles. The molecule has 0 aliphatic heterocycles. The van der Waals surface area contributed by atoms with E-state index in [1.54, 1.807) is 24.5 Å². The summed E-state index contributed by atoms with van der Waals surface area (Å²) < 4.78 is 51.6. The number of anilines is 1. The van der Waals surface area contributed by atoms with Gasteiger partial charge in [0.15, 0.2) is 0 Å². The molecule has 0 N–H and O–H groups in total. The van der Waals surface area contributed by atoms with E-state index >= 15 is 4.39 Å². The number of benzene rings is 1. The molecule has 0 saturated carbocycles. The second-order valence-corrected chi connectivity index (χ2v) is 10.1. The number of aryl methyl sites for hydroxylation is 1. The van der Waals surface area contributed by atoms with Gasteiger partial charge >= 0.3 is 6.09 Å². The van der Waals surface area contributed by atoms with Crippen LogP contribution in [0.15, 0.2) is 36.7 Å². The van der Waals surface area contributed by atoms with Crippen LogP contribution in [0, 0.1) is 18.7 Å². The molecule has 0 spiro atoms. The van der Waals surface area contributed by atoms with Gasteiger partial charge in [0.25, 0.3) is 0 Å². The summed E-state index contributed by atoms with van der Waals surface area (Å²) in [6.07, 6.45) is 3.08. The van der Waals surface area contributed by atoms with E-state index in [-0.39, 0.29) is 18.2 Å².